The lowest BCUT2D eigenvalue weighted by Gasteiger charge is -2.23. The van der Waals surface area contributed by atoms with E-state index in [9.17, 15) is 81.4 Å². The van der Waals surface area contributed by atoms with Crippen LogP contribution < -0.4 is 10.6 Å². The minimum atomic E-state index is -5.25. The first-order valence-corrected chi connectivity index (χ1v) is 26.0. The number of aliphatic carboxylic acids is 2. The van der Waals surface area contributed by atoms with Gasteiger partial charge in [-0.3, -0.25) is 33.1 Å². The molecule has 2 aromatic carbocycles. The largest absolute Gasteiger partial charge is 0.481 e. The number of nitrogens with zero attached hydrogens (tertiary/aromatic N) is 6. The number of alkyl halides is 8. The van der Waals surface area contributed by atoms with Crippen LogP contribution in [0, 0.1) is 29.4 Å². The number of carbonyl (C=O) groups is 5. The number of pyridine rings is 1. The molecule has 0 radical (unpaired) electrons. The molecule has 7 rings (SSSR count). The van der Waals surface area contributed by atoms with Crippen molar-refractivity contribution in [2.24, 2.45) is 5.92 Å². The van der Waals surface area contributed by atoms with E-state index in [1.165, 1.54) is 13.8 Å². The van der Waals surface area contributed by atoms with Crippen LogP contribution in [0.25, 0.3) is 22.0 Å². The molecule has 0 spiro atoms. The molecule has 19 nitrogen and oxygen atoms in total. The normalized spacial score (nSPS) is 17.1. The summed E-state index contributed by atoms with van der Waals surface area (Å²) in [5.74, 6) is -11.6. The van der Waals surface area contributed by atoms with E-state index in [0.29, 0.717) is 18.2 Å². The van der Waals surface area contributed by atoms with Gasteiger partial charge in [0.05, 0.1) is 40.9 Å². The van der Waals surface area contributed by atoms with Crippen molar-refractivity contribution in [3.63, 3.8) is 0 Å². The Morgan fingerprint density at radius 3 is 2.19 bits per heavy atom. The Labute approximate surface area is 446 Å². The molecule has 79 heavy (non-hydrogen) atoms. The third kappa shape index (κ3) is 13.0. The average Bonchev–Trinajstić information content (AvgIpc) is 3.17. The molecule has 3 aromatic heterocycles. The smallest absolute Gasteiger partial charge is 0.435 e. The van der Waals surface area contributed by atoms with Crippen LogP contribution in [0.2, 0.25) is 5.02 Å². The predicted octanol–water partition coefficient (Wildman–Crippen LogP) is 6.36. The zero-order chi connectivity index (χ0) is 58.6. The molecule has 0 saturated heterocycles. The number of hydrogen-bond acceptors (Lipinski definition) is 11. The second-order valence-electron chi connectivity index (χ2n) is 18.6. The Morgan fingerprint density at radius 1 is 0.962 bits per heavy atom. The van der Waals surface area contributed by atoms with Gasteiger partial charge in [-0.05, 0) is 74.4 Å². The van der Waals surface area contributed by atoms with Gasteiger partial charge in [0, 0.05) is 52.5 Å². The van der Waals surface area contributed by atoms with E-state index < -0.39 is 186 Å². The molecule has 3 heterocycles. The van der Waals surface area contributed by atoms with Gasteiger partial charge in [-0.15, -0.1) is 0 Å². The number of amides is 3. The zero-order valence-electron chi connectivity index (χ0n) is 40.5. The summed E-state index contributed by atoms with van der Waals surface area (Å²) < 4.78 is 194. The van der Waals surface area contributed by atoms with Crippen molar-refractivity contribution < 1.29 is 95.3 Å². The first-order chi connectivity index (χ1) is 36.5. The van der Waals surface area contributed by atoms with Crippen LogP contribution in [-0.2, 0) is 83.2 Å². The van der Waals surface area contributed by atoms with E-state index in [4.69, 9.17) is 16.7 Å². The molecule has 1 fully saturated rings. The number of halogens is 11. The van der Waals surface area contributed by atoms with E-state index in [-0.39, 0.29) is 42.5 Å². The van der Waals surface area contributed by atoms with Crippen LogP contribution in [0.4, 0.5) is 43.9 Å². The number of hydrogen-bond donors (Lipinski definition) is 5. The fourth-order valence-corrected chi connectivity index (χ4v) is 9.58. The number of rotatable bonds is 18. The van der Waals surface area contributed by atoms with Crippen LogP contribution in [0.1, 0.15) is 78.2 Å². The second kappa shape index (κ2) is 21.7. The Bertz CT molecular complexity index is 3570. The Hall–Kier alpha value is -7.43. The van der Waals surface area contributed by atoms with Crippen LogP contribution in [0.15, 0.2) is 54.6 Å². The molecule has 5 N–H and O–H groups in total. The average molecular weight is 1180 g/mol. The minimum absolute atomic E-state index is 0.0477. The van der Waals surface area contributed by atoms with E-state index in [2.05, 4.69) is 32.3 Å². The van der Waals surface area contributed by atoms with Gasteiger partial charge in [0.15, 0.2) is 15.5 Å². The molecule has 422 valence electrons. The lowest BCUT2D eigenvalue weighted by atomic mass is 9.93. The standard InChI is InChI=1S/C47H39ClF10N8O11S2/c1-44(2,79(3,76)77)11-10-24-4-5-25(39(59-24)30(14-21-12-22(49)15-23(50)13-21)60-34(68)19-64-42-37(41(63-64)47(56,57)58)27-16-28(27)46(42,54)55)26-6-7-29(48)38-32(62-65(40(26)38)20-45(51,52)53)18-66(78(74)75)35(69)9-8-33(67)61-31(43(72)73)17-36(70)71/h4-9,12-13,15,27-28,30-31H,14,16-20H2,1-3H3,(H,60,68)(H,61,67)(H,70,71)(H,72,73)(H,74,75)/b9-8+/t27-,28+,30?,31?/m0/s1. The highest BCUT2D eigenvalue weighted by Crippen LogP contribution is 2.68. The van der Waals surface area contributed by atoms with Gasteiger partial charge in [0.1, 0.15) is 46.9 Å². The highest BCUT2D eigenvalue weighted by Gasteiger charge is 2.68. The number of sulfone groups is 1. The maximum Gasteiger partial charge on any atom is 0.435 e. The molecule has 3 unspecified atom stereocenters. The number of carboxylic acids is 2. The van der Waals surface area contributed by atoms with Crippen molar-refractivity contribution in [2.45, 2.75) is 93.8 Å². The number of nitrogens with one attached hydrogen (secondary N) is 2. The topological polar surface area (TPSA) is 273 Å². The van der Waals surface area contributed by atoms with E-state index in [1.807, 2.05) is 0 Å². The number of fused-ring (bicyclic) bond motifs is 4. The summed E-state index contributed by atoms with van der Waals surface area (Å²) in [6, 6.07) is 2.57. The molecule has 0 aliphatic heterocycles. The number of carbonyl (C=O) groups excluding carboxylic acids is 3. The van der Waals surface area contributed by atoms with Gasteiger partial charge < -0.3 is 20.8 Å². The van der Waals surface area contributed by atoms with Gasteiger partial charge in [0.25, 0.3) is 23.1 Å². The number of aromatic nitrogens is 5. The summed E-state index contributed by atoms with van der Waals surface area (Å²) >= 11 is 3.22. The molecule has 32 heteroatoms. The molecule has 3 amide bonds. The van der Waals surface area contributed by atoms with E-state index in [0.717, 1.165) is 42.7 Å². The maximum absolute atomic E-state index is 15.6. The van der Waals surface area contributed by atoms with Crippen LogP contribution in [-0.4, -0.2) is 109 Å². The second-order valence-corrected chi connectivity index (χ2v) is 22.5. The Morgan fingerprint density at radius 2 is 1.61 bits per heavy atom. The first kappa shape index (κ1) is 59.2. The molecule has 5 aromatic rings. The Kier molecular flexibility index (Phi) is 16.2. The van der Waals surface area contributed by atoms with Crippen LogP contribution in [0.3, 0.4) is 0 Å². The summed E-state index contributed by atoms with van der Waals surface area (Å²) in [6.45, 7) is -2.09. The summed E-state index contributed by atoms with van der Waals surface area (Å²) in [7, 11) is -3.94. The van der Waals surface area contributed by atoms with Crippen LogP contribution in [0.5, 0.6) is 0 Å². The lowest BCUT2D eigenvalue weighted by Crippen LogP contribution is -2.41. The fourth-order valence-electron chi connectivity index (χ4n) is 8.63. The van der Waals surface area contributed by atoms with Crippen molar-refractivity contribution >= 4 is 73.3 Å². The molecule has 1 saturated carbocycles. The van der Waals surface area contributed by atoms with Crippen molar-refractivity contribution in [3.8, 4) is 23.0 Å². The Balaban J connectivity index is 1.40. The monoisotopic (exact) mass is 1180 g/mol. The molecule has 0 bridgehead atoms. The van der Waals surface area contributed by atoms with Crippen molar-refractivity contribution in [3.05, 3.63) is 111 Å². The molecule has 5 atom stereocenters. The van der Waals surface area contributed by atoms with Crippen molar-refractivity contribution in [1.82, 2.24) is 39.5 Å². The highest BCUT2D eigenvalue weighted by molar-refractivity contribution is 7.92. The minimum Gasteiger partial charge on any atom is -0.481 e. The molecule has 2 aliphatic carbocycles. The number of benzene rings is 2. The van der Waals surface area contributed by atoms with Gasteiger partial charge in [-0.1, -0.05) is 23.6 Å². The van der Waals surface area contributed by atoms with Gasteiger partial charge >= 0.3 is 24.3 Å². The lowest BCUT2D eigenvalue weighted by molar-refractivity contribution is -0.146. The SMILES string of the molecule is CC(C)(C#Cc1ccc(-c2ccc(Cl)c3c(CN(C(=O)/C=C/C(=O)NC(CC(=O)O)C(=O)O)S(=O)O)nn(CC(F)(F)F)c23)c(C(Cc2cc(F)cc(F)c2)NC(=O)Cn2nc(C(F)(F)F)c3c2C(F)(F)[C@@H]2C[C@H]32)n1)S(C)(=O)=O. The summed E-state index contributed by atoms with van der Waals surface area (Å²) in [6.07, 6.45) is -11.0. The van der Waals surface area contributed by atoms with E-state index >= 15 is 8.78 Å². The molecular weight excluding hydrogens is 1140 g/mol. The maximum atomic E-state index is 15.6. The third-order valence-electron chi connectivity index (χ3n) is 12.5. The molecular formula is C47H39ClF10N8O11S2. The fraction of sp³-hybridized carbons (Fsp3) is 0.362. The first-order valence-electron chi connectivity index (χ1n) is 22.6. The summed E-state index contributed by atoms with van der Waals surface area (Å²) in [5.41, 5.74) is -6.70. The molecule has 2 aliphatic rings. The van der Waals surface area contributed by atoms with Gasteiger partial charge in [-0.2, -0.15) is 45.3 Å². The summed E-state index contributed by atoms with van der Waals surface area (Å²) in [4.78, 5) is 67.0. The summed E-state index contributed by atoms with van der Waals surface area (Å²) in [5, 5.41) is 28.8. The van der Waals surface area contributed by atoms with Crippen molar-refractivity contribution in [1.29, 1.82) is 0 Å². The zero-order valence-corrected chi connectivity index (χ0v) is 42.9. The van der Waals surface area contributed by atoms with Crippen molar-refractivity contribution in [2.75, 3.05) is 6.26 Å². The third-order valence-corrected chi connectivity index (χ3v) is 15.5. The van der Waals surface area contributed by atoms with Gasteiger partial charge in [0.2, 0.25) is 11.8 Å². The van der Waals surface area contributed by atoms with E-state index in [1.54, 1.807) is 5.32 Å². The number of carboxylic acid groups (broad SMARTS) is 2. The van der Waals surface area contributed by atoms with Crippen LogP contribution >= 0.6 is 11.6 Å². The quantitative estimate of drug-likeness (QED) is 0.0277. The van der Waals surface area contributed by atoms with Gasteiger partial charge in [-0.25, -0.2) is 35.5 Å². The predicted molar refractivity (Wildman–Crippen MR) is 255 cm³/mol. The highest BCUT2D eigenvalue weighted by atomic mass is 35.5.